The van der Waals surface area contributed by atoms with E-state index in [2.05, 4.69) is 13.5 Å². The Morgan fingerprint density at radius 2 is 1.12 bits per heavy atom. The first-order valence-electron chi connectivity index (χ1n) is 14.8. The van der Waals surface area contributed by atoms with E-state index >= 15 is 0 Å². The second kappa shape index (κ2) is 19.0. The summed E-state index contributed by atoms with van der Waals surface area (Å²) in [4.78, 5) is 23.5. The monoisotopic (exact) mass is 574 g/mol. The van der Waals surface area contributed by atoms with Crippen LogP contribution in [0, 0.1) is 0 Å². The summed E-state index contributed by atoms with van der Waals surface area (Å²) in [5.41, 5.74) is 1.48. The molecule has 0 radical (unpaired) electrons. The molecule has 0 saturated heterocycles. The Kier molecular flexibility index (Phi) is 14.6. The van der Waals surface area contributed by atoms with E-state index in [1.165, 1.54) is 18.9 Å². The van der Waals surface area contributed by atoms with Gasteiger partial charge in [0.25, 0.3) is 0 Å². The van der Waals surface area contributed by atoms with Crippen LogP contribution in [0.2, 0.25) is 0 Å². The van der Waals surface area contributed by atoms with Crippen molar-refractivity contribution in [2.45, 2.75) is 64.9 Å². The average Bonchev–Trinajstić information content (AvgIpc) is 3.02. The molecule has 3 aromatic carbocycles. The molecule has 7 heteroatoms. The number of benzene rings is 3. The van der Waals surface area contributed by atoms with Gasteiger partial charge in [-0.3, -0.25) is 0 Å². The van der Waals surface area contributed by atoms with Crippen LogP contribution in [0.25, 0.3) is 0 Å². The topological polar surface area (TPSA) is 80.3 Å². The summed E-state index contributed by atoms with van der Waals surface area (Å²) in [5.74, 6) is 1.89. The van der Waals surface area contributed by atoms with Crippen molar-refractivity contribution in [1.29, 1.82) is 0 Å². The molecule has 42 heavy (non-hydrogen) atoms. The van der Waals surface area contributed by atoms with Crippen LogP contribution < -0.4 is 18.9 Å². The average molecular weight is 575 g/mol. The lowest BCUT2D eigenvalue weighted by molar-refractivity contribution is -0.137. The third-order valence-corrected chi connectivity index (χ3v) is 6.44. The molecule has 3 rings (SSSR count). The maximum absolute atomic E-state index is 12.5. The van der Waals surface area contributed by atoms with E-state index in [1.54, 1.807) is 48.5 Å². The van der Waals surface area contributed by atoms with Gasteiger partial charge in [0, 0.05) is 6.08 Å². The van der Waals surface area contributed by atoms with E-state index in [1.807, 2.05) is 24.3 Å². The first-order valence-corrected chi connectivity index (χ1v) is 14.8. The number of esters is 2. The van der Waals surface area contributed by atoms with Gasteiger partial charge < -0.3 is 23.7 Å². The maximum Gasteiger partial charge on any atom is 0.343 e. The third kappa shape index (κ3) is 12.5. The summed E-state index contributed by atoms with van der Waals surface area (Å²) in [6.45, 7) is 7.71. The summed E-state index contributed by atoms with van der Waals surface area (Å²) < 4.78 is 27.9. The van der Waals surface area contributed by atoms with Crippen molar-refractivity contribution >= 4 is 11.9 Å². The molecule has 0 amide bonds. The highest BCUT2D eigenvalue weighted by Gasteiger charge is 2.09. The van der Waals surface area contributed by atoms with Crippen LogP contribution >= 0.6 is 0 Å². The summed E-state index contributed by atoms with van der Waals surface area (Å²) in [6.07, 6.45) is 9.55. The van der Waals surface area contributed by atoms with Crippen LogP contribution in [0.5, 0.6) is 23.0 Å². The standard InChI is InChI=1S/C35H42O7/c1-3-5-6-9-24-39-31-18-14-29(15-19-31)35(37)42-33-22-20-32(21-23-33)41-27-28-12-16-30(17-13-28)38-25-10-7-8-11-26-40-34(36)4-2/h4,12-23H,2-3,5-11,24-27H2,1H3. The molecule has 0 aromatic heterocycles. The largest absolute Gasteiger partial charge is 0.494 e. The van der Waals surface area contributed by atoms with Gasteiger partial charge in [0.1, 0.15) is 29.6 Å². The van der Waals surface area contributed by atoms with E-state index in [9.17, 15) is 9.59 Å². The molecular weight excluding hydrogens is 532 g/mol. The van der Waals surface area contributed by atoms with Gasteiger partial charge in [-0.15, -0.1) is 0 Å². The molecular formula is C35H42O7. The van der Waals surface area contributed by atoms with Crippen molar-refractivity contribution in [2.75, 3.05) is 19.8 Å². The Hall–Kier alpha value is -4.26. The molecule has 0 bridgehead atoms. The first kappa shape index (κ1) is 32.3. The van der Waals surface area contributed by atoms with Gasteiger partial charge in [-0.1, -0.05) is 44.9 Å². The zero-order valence-corrected chi connectivity index (χ0v) is 24.6. The minimum Gasteiger partial charge on any atom is -0.494 e. The van der Waals surface area contributed by atoms with Gasteiger partial charge in [0.15, 0.2) is 0 Å². The number of rotatable bonds is 20. The van der Waals surface area contributed by atoms with Crippen molar-refractivity contribution < 1.29 is 33.3 Å². The Bertz CT molecular complexity index is 1200. The van der Waals surface area contributed by atoms with Crippen LogP contribution in [0.1, 0.15) is 74.2 Å². The maximum atomic E-state index is 12.5. The lowest BCUT2D eigenvalue weighted by atomic mass is 10.2. The number of unbranched alkanes of at least 4 members (excludes halogenated alkanes) is 6. The quantitative estimate of drug-likeness (QED) is 0.0583. The van der Waals surface area contributed by atoms with Gasteiger partial charge in [-0.2, -0.15) is 0 Å². The molecule has 0 saturated carbocycles. The second-order valence-electron chi connectivity index (χ2n) is 9.86. The van der Waals surface area contributed by atoms with Gasteiger partial charge in [0.05, 0.1) is 25.4 Å². The Morgan fingerprint density at radius 1 is 0.619 bits per heavy atom. The van der Waals surface area contributed by atoms with Crippen molar-refractivity contribution in [3.05, 3.63) is 96.6 Å². The Morgan fingerprint density at radius 3 is 1.71 bits per heavy atom. The zero-order chi connectivity index (χ0) is 29.8. The van der Waals surface area contributed by atoms with E-state index in [0.29, 0.717) is 43.5 Å². The third-order valence-electron chi connectivity index (χ3n) is 6.44. The number of ether oxygens (including phenoxy) is 5. The van der Waals surface area contributed by atoms with Crippen LogP contribution in [0.4, 0.5) is 0 Å². The molecule has 0 atom stereocenters. The first-order chi connectivity index (χ1) is 20.6. The minimum atomic E-state index is -0.424. The van der Waals surface area contributed by atoms with Crippen LogP contribution in [-0.2, 0) is 16.1 Å². The fourth-order valence-corrected chi connectivity index (χ4v) is 4.00. The smallest absolute Gasteiger partial charge is 0.343 e. The molecule has 0 spiro atoms. The number of carbonyl (C=O) groups is 2. The summed E-state index contributed by atoms with van der Waals surface area (Å²) >= 11 is 0. The molecule has 3 aromatic rings. The van der Waals surface area contributed by atoms with Gasteiger partial charge in [-0.25, -0.2) is 9.59 Å². The normalized spacial score (nSPS) is 10.5. The van der Waals surface area contributed by atoms with Crippen molar-refractivity contribution in [3.8, 4) is 23.0 Å². The molecule has 0 heterocycles. The predicted molar refractivity (Wildman–Crippen MR) is 163 cm³/mol. The predicted octanol–water partition coefficient (Wildman–Crippen LogP) is 8.11. The molecule has 0 unspecified atom stereocenters. The lowest BCUT2D eigenvalue weighted by Crippen LogP contribution is -2.08. The van der Waals surface area contributed by atoms with Crippen LogP contribution in [0.15, 0.2) is 85.5 Å². The molecule has 224 valence electrons. The highest BCUT2D eigenvalue weighted by molar-refractivity contribution is 5.91. The number of hydrogen-bond donors (Lipinski definition) is 0. The Labute approximate surface area is 249 Å². The fraction of sp³-hybridized carbons (Fsp3) is 0.371. The molecule has 0 fully saturated rings. The highest BCUT2D eigenvalue weighted by atomic mass is 16.5. The Balaban J connectivity index is 1.31. The van der Waals surface area contributed by atoms with Crippen LogP contribution in [0.3, 0.4) is 0 Å². The lowest BCUT2D eigenvalue weighted by Gasteiger charge is -2.10. The summed E-state index contributed by atoms with van der Waals surface area (Å²) in [6, 6.07) is 21.8. The van der Waals surface area contributed by atoms with E-state index in [-0.39, 0.29) is 5.97 Å². The van der Waals surface area contributed by atoms with Gasteiger partial charge in [0.2, 0.25) is 0 Å². The molecule has 0 N–H and O–H groups in total. The molecule has 7 nitrogen and oxygen atoms in total. The van der Waals surface area contributed by atoms with Gasteiger partial charge in [-0.05, 0) is 98.3 Å². The minimum absolute atomic E-state index is 0.375. The van der Waals surface area contributed by atoms with Crippen molar-refractivity contribution in [2.24, 2.45) is 0 Å². The van der Waals surface area contributed by atoms with Crippen molar-refractivity contribution in [1.82, 2.24) is 0 Å². The fourth-order valence-electron chi connectivity index (χ4n) is 4.00. The zero-order valence-electron chi connectivity index (χ0n) is 24.6. The van der Waals surface area contributed by atoms with E-state index < -0.39 is 5.97 Å². The molecule has 0 aliphatic heterocycles. The van der Waals surface area contributed by atoms with E-state index in [0.717, 1.165) is 55.6 Å². The number of hydrogen-bond acceptors (Lipinski definition) is 7. The number of carbonyl (C=O) groups excluding carboxylic acids is 2. The highest BCUT2D eigenvalue weighted by Crippen LogP contribution is 2.21. The van der Waals surface area contributed by atoms with E-state index in [4.69, 9.17) is 23.7 Å². The molecule has 0 aliphatic rings. The summed E-state index contributed by atoms with van der Waals surface area (Å²) in [5, 5.41) is 0. The molecule has 0 aliphatic carbocycles. The van der Waals surface area contributed by atoms with Crippen molar-refractivity contribution in [3.63, 3.8) is 0 Å². The summed E-state index contributed by atoms with van der Waals surface area (Å²) in [7, 11) is 0. The van der Waals surface area contributed by atoms with Crippen LogP contribution in [-0.4, -0.2) is 31.8 Å². The van der Waals surface area contributed by atoms with Gasteiger partial charge >= 0.3 is 11.9 Å². The SMILES string of the molecule is C=CC(=O)OCCCCCCOc1ccc(COc2ccc(OC(=O)c3ccc(OCCCCCC)cc3)cc2)cc1. The second-order valence-corrected chi connectivity index (χ2v) is 9.86.